The van der Waals surface area contributed by atoms with E-state index in [4.69, 9.17) is 4.74 Å². The Labute approximate surface area is 175 Å². The highest BCUT2D eigenvalue weighted by molar-refractivity contribution is 6.31. The van der Waals surface area contributed by atoms with Crippen molar-refractivity contribution in [1.82, 2.24) is 10.2 Å². The van der Waals surface area contributed by atoms with Crippen LogP contribution in [0.15, 0.2) is 60.7 Å². The van der Waals surface area contributed by atoms with Crippen LogP contribution in [0.25, 0.3) is 6.08 Å². The molecule has 3 rings (SSSR count). The van der Waals surface area contributed by atoms with Gasteiger partial charge in [-0.1, -0.05) is 18.2 Å². The van der Waals surface area contributed by atoms with Gasteiger partial charge in [0.15, 0.2) is 0 Å². The number of hydrogen-bond donors (Lipinski definition) is 1. The molecule has 0 aliphatic carbocycles. The molecule has 0 atom stereocenters. The largest absolute Gasteiger partial charge is 0.488 e. The van der Waals surface area contributed by atoms with Crippen molar-refractivity contribution >= 4 is 29.6 Å². The molecule has 0 aromatic heterocycles. The molecule has 0 unspecified atom stereocenters. The maximum Gasteiger partial charge on any atom is 0.331 e. The van der Waals surface area contributed by atoms with Crippen LogP contribution in [0.1, 0.15) is 11.1 Å². The number of nitrogens with one attached hydrogen (secondary N) is 1. The molecular weight excluding hydrogens is 409 g/mol. The number of ether oxygens (including phenoxy) is 1. The Kier molecular flexibility index (Phi) is 6.20. The molecule has 31 heavy (non-hydrogen) atoms. The summed E-state index contributed by atoms with van der Waals surface area (Å²) in [5.74, 6) is -2.07. The Morgan fingerprint density at radius 2 is 1.87 bits per heavy atom. The number of carbonyl (C=O) groups excluding carboxylic acids is 3. The van der Waals surface area contributed by atoms with Crippen LogP contribution in [-0.4, -0.2) is 34.2 Å². The minimum Gasteiger partial charge on any atom is -0.488 e. The molecule has 1 N–H and O–H groups in total. The van der Waals surface area contributed by atoms with Crippen molar-refractivity contribution in [3.63, 3.8) is 0 Å². The van der Waals surface area contributed by atoms with E-state index in [1.807, 2.05) is 5.32 Å². The number of non-ortho nitro benzene ring substituents is 1. The van der Waals surface area contributed by atoms with Gasteiger partial charge in [0.2, 0.25) is 0 Å². The molecule has 4 amide bonds. The number of nitro benzene ring substituents is 1. The molecule has 2 aromatic rings. The van der Waals surface area contributed by atoms with Crippen molar-refractivity contribution in [3.05, 3.63) is 87.8 Å². The standard InChI is InChI=1S/C21H16FN3O6/c1-2-9-24-20(27)17(19(26)23-21(24)28)11-14-10-16(25(29)30)7-8-18(14)31-12-13-3-5-15(22)6-4-13/h2-8,10-11H,1,9,12H2,(H,23,26,28)/b17-11-. The molecule has 0 radical (unpaired) electrons. The zero-order valence-electron chi connectivity index (χ0n) is 16.0. The SMILES string of the molecule is C=CCN1C(=O)NC(=O)/C(=C/c2cc([N+](=O)[O-])ccc2OCc2ccc(F)cc2)C1=O. The zero-order valence-corrected chi connectivity index (χ0v) is 16.0. The monoisotopic (exact) mass is 425 g/mol. The van der Waals surface area contributed by atoms with Crippen molar-refractivity contribution in [2.45, 2.75) is 6.61 Å². The van der Waals surface area contributed by atoms with Crippen LogP contribution < -0.4 is 10.1 Å². The smallest absolute Gasteiger partial charge is 0.331 e. The van der Waals surface area contributed by atoms with Crippen LogP contribution in [-0.2, 0) is 16.2 Å². The van der Waals surface area contributed by atoms with Gasteiger partial charge in [0.05, 0.1) is 4.92 Å². The lowest BCUT2D eigenvalue weighted by Gasteiger charge is -2.25. The number of hydrogen-bond acceptors (Lipinski definition) is 6. The summed E-state index contributed by atoms with van der Waals surface area (Å²) in [4.78, 5) is 48.0. The van der Waals surface area contributed by atoms with E-state index in [0.717, 1.165) is 17.0 Å². The predicted octanol–water partition coefficient (Wildman–Crippen LogP) is 2.96. The maximum atomic E-state index is 13.1. The second-order valence-electron chi connectivity index (χ2n) is 6.42. The minimum atomic E-state index is -0.939. The van der Waals surface area contributed by atoms with E-state index in [0.29, 0.717) is 5.56 Å². The Hall–Kier alpha value is -4.34. The van der Waals surface area contributed by atoms with Gasteiger partial charge >= 0.3 is 6.03 Å². The van der Waals surface area contributed by atoms with Crippen LogP contribution in [0.5, 0.6) is 5.75 Å². The van der Waals surface area contributed by atoms with Crippen LogP contribution in [0.2, 0.25) is 0 Å². The van der Waals surface area contributed by atoms with Gasteiger partial charge in [-0.15, -0.1) is 6.58 Å². The van der Waals surface area contributed by atoms with E-state index in [2.05, 4.69) is 6.58 Å². The van der Waals surface area contributed by atoms with Gasteiger partial charge in [0.1, 0.15) is 23.7 Å². The fourth-order valence-corrected chi connectivity index (χ4v) is 2.78. The Morgan fingerprint density at radius 3 is 2.52 bits per heavy atom. The molecule has 1 aliphatic rings. The molecule has 1 aliphatic heterocycles. The average molecular weight is 425 g/mol. The average Bonchev–Trinajstić information content (AvgIpc) is 2.74. The van der Waals surface area contributed by atoms with Gasteiger partial charge in [0, 0.05) is 24.2 Å². The highest BCUT2D eigenvalue weighted by Gasteiger charge is 2.35. The van der Waals surface area contributed by atoms with Crippen molar-refractivity contribution in [1.29, 1.82) is 0 Å². The first-order chi connectivity index (χ1) is 14.8. The first-order valence-corrected chi connectivity index (χ1v) is 8.95. The fraction of sp³-hybridized carbons (Fsp3) is 0.0952. The molecule has 2 aromatic carbocycles. The first-order valence-electron chi connectivity index (χ1n) is 8.95. The number of halogens is 1. The highest BCUT2D eigenvalue weighted by atomic mass is 19.1. The third kappa shape index (κ3) is 4.81. The molecule has 1 fully saturated rings. The number of rotatable bonds is 7. The fourth-order valence-electron chi connectivity index (χ4n) is 2.78. The second-order valence-corrected chi connectivity index (χ2v) is 6.42. The topological polar surface area (TPSA) is 119 Å². The lowest BCUT2D eigenvalue weighted by atomic mass is 10.1. The van der Waals surface area contributed by atoms with Crippen molar-refractivity contribution in [2.75, 3.05) is 6.54 Å². The Balaban J connectivity index is 1.97. The van der Waals surface area contributed by atoms with Crippen molar-refractivity contribution < 1.29 is 28.4 Å². The Bertz CT molecular complexity index is 1110. The van der Waals surface area contributed by atoms with Gasteiger partial charge in [-0.05, 0) is 29.8 Å². The van der Waals surface area contributed by atoms with Crippen molar-refractivity contribution in [3.8, 4) is 5.75 Å². The third-order valence-corrected chi connectivity index (χ3v) is 4.31. The predicted molar refractivity (Wildman–Crippen MR) is 107 cm³/mol. The Morgan fingerprint density at radius 1 is 1.16 bits per heavy atom. The van der Waals surface area contributed by atoms with Gasteiger partial charge in [-0.25, -0.2) is 9.18 Å². The summed E-state index contributed by atoms with van der Waals surface area (Å²) < 4.78 is 18.7. The third-order valence-electron chi connectivity index (χ3n) is 4.31. The second kappa shape index (κ2) is 8.99. The van der Waals surface area contributed by atoms with E-state index in [1.165, 1.54) is 42.5 Å². The molecule has 158 valence electrons. The van der Waals surface area contributed by atoms with E-state index >= 15 is 0 Å². The van der Waals surface area contributed by atoms with Gasteiger partial charge < -0.3 is 4.74 Å². The number of amides is 4. The summed E-state index contributed by atoms with van der Waals surface area (Å²) in [6, 6.07) is 8.32. The number of nitrogens with zero attached hydrogens (tertiary/aromatic N) is 2. The maximum absolute atomic E-state index is 13.1. The summed E-state index contributed by atoms with van der Waals surface area (Å²) in [7, 11) is 0. The van der Waals surface area contributed by atoms with Gasteiger partial charge in [0.25, 0.3) is 17.5 Å². The highest BCUT2D eigenvalue weighted by Crippen LogP contribution is 2.28. The summed E-state index contributed by atoms with van der Waals surface area (Å²) in [5, 5.41) is 13.2. The lowest BCUT2D eigenvalue weighted by Crippen LogP contribution is -2.54. The van der Waals surface area contributed by atoms with E-state index in [1.54, 1.807) is 0 Å². The molecule has 1 saturated heterocycles. The minimum absolute atomic E-state index is 0.00941. The normalized spacial score (nSPS) is 15.1. The summed E-state index contributed by atoms with van der Waals surface area (Å²) in [6.45, 7) is 3.34. The van der Waals surface area contributed by atoms with Crippen LogP contribution >= 0.6 is 0 Å². The van der Waals surface area contributed by atoms with E-state index in [9.17, 15) is 28.9 Å². The molecule has 0 spiro atoms. The lowest BCUT2D eigenvalue weighted by molar-refractivity contribution is -0.384. The van der Waals surface area contributed by atoms with E-state index in [-0.39, 0.29) is 30.2 Å². The first kappa shape index (κ1) is 21.4. The van der Waals surface area contributed by atoms with Gasteiger partial charge in [-0.2, -0.15) is 0 Å². The zero-order chi connectivity index (χ0) is 22.5. The number of imide groups is 2. The molecular formula is C21H16FN3O6. The number of barbiturate groups is 1. The van der Waals surface area contributed by atoms with E-state index < -0.39 is 34.2 Å². The molecule has 0 saturated carbocycles. The number of benzene rings is 2. The quantitative estimate of drug-likeness (QED) is 0.240. The van der Waals surface area contributed by atoms with Crippen LogP contribution in [0, 0.1) is 15.9 Å². The molecule has 10 heteroatoms. The van der Waals surface area contributed by atoms with Crippen molar-refractivity contribution in [2.24, 2.45) is 0 Å². The summed E-state index contributed by atoms with van der Waals surface area (Å²) >= 11 is 0. The number of urea groups is 1. The summed E-state index contributed by atoms with van der Waals surface area (Å²) in [6.07, 6.45) is 2.43. The number of carbonyl (C=O) groups is 3. The van der Waals surface area contributed by atoms with Gasteiger partial charge in [-0.3, -0.25) is 29.9 Å². The molecule has 9 nitrogen and oxygen atoms in total. The summed E-state index contributed by atoms with van der Waals surface area (Å²) in [5.41, 5.74) is 0.0348. The van der Waals surface area contributed by atoms with Crippen LogP contribution in [0.4, 0.5) is 14.9 Å². The molecule has 0 bridgehead atoms. The van der Waals surface area contributed by atoms with Crippen LogP contribution in [0.3, 0.4) is 0 Å². The molecule has 1 heterocycles. The number of nitro groups is 1.